The topological polar surface area (TPSA) is 31.7 Å². The molecule has 0 amide bonds. The van der Waals surface area contributed by atoms with E-state index in [1.807, 2.05) is 42.2 Å². The van der Waals surface area contributed by atoms with Gasteiger partial charge in [-0.25, -0.2) is 4.39 Å². The monoisotopic (exact) mass is 410 g/mol. The lowest BCUT2D eigenvalue weighted by Gasteiger charge is -2.33. The lowest BCUT2D eigenvalue weighted by Crippen LogP contribution is -2.35. The van der Waals surface area contributed by atoms with E-state index in [2.05, 4.69) is 28.6 Å². The summed E-state index contributed by atoms with van der Waals surface area (Å²) in [5.41, 5.74) is 3.89. The SMILES string of the molecule is CC[C@@H]1CSC2=N[C@H](c3ccccn3)[C@@H](c3cc(F)c(N4CCCC4)cc3C)N21. The molecular formula is C23H27FN4S. The summed E-state index contributed by atoms with van der Waals surface area (Å²) in [6.45, 7) is 6.24. The van der Waals surface area contributed by atoms with Gasteiger partial charge in [-0.15, -0.1) is 0 Å². The highest BCUT2D eigenvalue weighted by atomic mass is 32.2. The van der Waals surface area contributed by atoms with Crippen molar-refractivity contribution >= 4 is 22.6 Å². The minimum absolute atomic E-state index is 0.00183. The van der Waals surface area contributed by atoms with Gasteiger partial charge in [0.05, 0.1) is 17.4 Å². The fourth-order valence-corrected chi connectivity index (χ4v) is 6.23. The van der Waals surface area contributed by atoms with Gasteiger partial charge < -0.3 is 9.80 Å². The van der Waals surface area contributed by atoms with Crippen molar-refractivity contribution in [2.45, 2.75) is 51.2 Å². The third-order valence-corrected chi connectivity index (χ3v) is 7.56. The van der Waals surface area contributed by atoms with E-state index in [1.54, 1.807) is 6.07 Å². The lowest BCUT2D eigenvalue weighted by atomic mass is 9.91. The summed E-state index contributed by atoms with van der Waals surface area (Å²) in [6.07, 6.45) is 5.17. The molecule has 0 unspecified atom stereocenters. The Morgan fingerprint density at radius 2 is 2.03 bits per heavy atom. The lowest BCUT2D eigenvalue weighted by molar-refractivity contribution is 0.254. The number of nitrogens with zero attached hydrogens (tertiary/aromatic N) is 4. The Kier molecular flexibility index (Phi) is 4.98. The Labute approximate surface area is 176 Å². The molecule has 2 saturated heterocycles. The fraction of sp³-hybridized carbons (Fsp3) is 0.478. The van der Waals surface area contributed by atoms with Crippen molar-refractivity contribution in [3.63, 3.8) is 0 Å². The number of amidine groups is 1. The van der Waals surface area contributed by atoms with Gasteiger partial charge in [0.2, 0.25) is 0 Å². The number of rotatable bonds is 4. The second-order valence-corrected chi connectivity index (χ2v) is 9.18. The molecule has 3 atom stereocenters. The molecule has 29 heavy (non-hydrogen) atoms. The standard InChI is InChI=1S/C23H27FN4S/c1-3-16-14-29-23-26-21(19-8-4-5-9-25-19)22(28(16)23)17-13-18(24)20(12-15(17)2)27-10-6-7-11-27/h4-5,8-9,12-13,16,21-22H,3,6-7,10-11,14H2,1-2H3/t16-,21-,22-/m1/s1. The maximum Gasteiger partial charge on any atom is 0.160 e. The molecule has 0 N–H and O–H groups in total. The zero-order valence-corrected chi connectivity index (χ0v) is 17.8. The van der Waals surface area contributed by atoms with Crippen LogP contribution in [0, 0.1) is 12.7 Å². The molecule has 0 bridgehead atoms. The van der Waals surface area contributed by atoms with Crippen molar-refractivity contribution < 1.29 is 4.39 Å². The Hall–Kier alpha value is -2.08. The second kappa shape index (κ2) is 7.63. The number of thioether (sulfide) groups is 1. The van der Waals surface area contributed by atoms with Crippen molar-refractivity contribution in [3.05, 3.63) is 59.2 Å². The number of aryl methyl sites for hydroxylation is 1. The summed E-state index contributed by atoms with van der Waals surface area (Å²) in [4.78, 5) is 14.3. The van der Waals surface area contributed by atoms with E-state index in [0.29, 0.717) is 6.04 Å². The quantitative estimate of drug-likeness (QED) is 0.701. The summed E-state index contributed by atoms with van der Waals surface area (Å²) >= 11 is 1.82. The first-order valence-corrected chi connectivity index (χ1v) is 11.6. The molecule has 0 spiro atoms. The van der Waals surface area contributed by atoms with Gasteiger partial charge in [-0.1, -0.05) is 24.8 Å². The Morgan fingerprint density at radius 1 is 1.21 bits per heavy atom. The van der Waals surface area contributed by atoms with Crippen LogP contribution in [0.4, 0.5) is 10.1 Å². The van der Waals surface area contributed by atoms with E-state index in [-0.39, 0.29) is 17.9 Å². The van der Waals surface area contributed by atoms with Crippen LogP contribution in [0.3, 0.4) is 0 Å². The minimum Gasteiger partial charge on any atom is -0.369 e. The molecule has 2 aromatic rings. The van der Waals surface area contributed by atoms with Crippen molar-refractivity contribution in [1.29, 1.82) is 0 Å². The van der Waals surface area contributed by atoms with E-state index < -0.39 is 0 Å². The molecule has 3 aliphatic heterocycles. The van der Waals surface area contributed by atoms with Crippen LogP contribution >= 0.6 is 11.8 Å². The van der Waals surface area contributed by atoms with Gasteiger partial charge in [-0.05, 0) is 61.6 Å². The van der Waals surface area contributed by atoms with Crippen molar-refractivity contribution in [2.24, 2.45) is 4.99 Å². The second-order valence-electron chi connectivity index (χ2n) is 8.19. The van der Waals surface area contributed by atoms with Gasteiger partial charge in [-0.3, -0.25) is 9.98 Å². The van der Waals surface area contributed by atoms with Crippen LogP contribution in [0.15, 0.2) is 41.5 Å². The number of halogens is 1. The molecule has 5 rings (SSSR count). The van der Waals surface area contributed by atoms with Gasteiger partial charge in [0.25, 0.3) is 0 Å². The number of hydrogen-bond donors (Lipinski definition) is 0. The highest BCUT2D eigenvalue weighted by Gasteiger charge is 2.46. The Balaban J connectivity index is 1.59. The molecular weight excluding hydrogens is 383 g/mol. The van der Waals surface area contributed by atoms with Crippen LogP contribution in [-0.2, 0) is 0 Å². The van der Waals surface area contributed by atoms with Gasteiger partial charge in [0.1, 0.15) is 11.9 Å². The highest BCUT2D eigenvalue weighted by Crippen LogP contribution is 2.49. The number of aromatic nitrogens is 1. The zero-order chi connectivity index (χ0) is 20.0. The first kappa shape index (κ1) is 18.9. The molecule has 4 heterocycles. The molecule has 2 fully saturated rings. The average Bonchev–Trinajstić information content (AvgIpc) is 3.47. The third-order valence-electron chi connectivity index (χ3n) is 6.43. The molecule has 152 valence electrons. The van der Waals surface area contributed by atoms with E-state index in [9.17, 15) is 0 Å². The van der Waals surface area contributed by atoms with E-state index in [1.165, 1.54) is 0 Å². The predicted octanol–water partition coefficient (Wildman–Crippen LogP) is 5.11. The van der Waals surface area contributed by atoms with Crippen LogP contribution in [0.5, 0.6) is 0 Å². The maximum absolute atomic E-state index is 15.3. The summed E-state index contributed by atoms with van der Waals surface area (Å²) in [5, 5.41) is 1.08. The molecule has 1 aromatic heterocycles. The van der Waals surface area contributed by atoms with Gasteiger partial charge in [0.15, 0.2) is 5.17 Å². The minimum atomic E-state index is -0.111. The van der Waals surface area contributed by atoms with Crippen molar-refractivity contribution in [2.75, 3.05) is 23.7 Å². The number of anilines is 1. The molecule has 6 heteroatoms. The van der Waals surface area contributed by atoms with E-state index >= 15 is 4.39 Å². The molecule has 4 nitrogen and oxygen atoms in total. The molecule has 3 aliphatic rings. The van der Waals surface area contributed by atoms with E-state index in [0.717, 1.165) is 65.8 Å². The smallest absolute Gasteiger partial charge is 0.160 e. The normalized spacial score (nSPS) is 26.2. The van der Waals surface area contributed by atoms with Crippen LogP contribution < -0.4 is 4.90 Å². The summed E-state index contributed by atoms with van der Waals surface area (Å²) in [7, 11) is 0. The van der Waals surface area contributed by atoms with Gasteiger partial charge >= 0.3 is 0 Å². The van der Waals surface area contributed by atoms with E-state index in [4.69, 9.17) is 4.99 Å². The van der Waals surface area contributed by atoms with Crippen LogP contribution in [-0.4, -0.2) is 39.9 Å². The van der Waals surface area contributed by atoms with Crippen LogP contribution in [0.25, 0.3) is 0 Å². The highest BCUT2D eigenvalue weighted by molar-refractivity contribution is 8.14. The van der Waals surface area contributed by atoms with Crippen molar-refractivity contribution in [1.82, 2.24) is 9.88 Å². The molecule has 0 radical (unpaired) electrons. The summed E-state index contributed by atoms with van der Waals surface area (Å²) in [6, 6.07) is 10.1. The maximum atomic E-state index is 15.3. The van der Waals surface area contributed by atoms with Crippen molar-refractivity contribution in [3.8, 4) is 0 Å². The fourth-order valence-electron chi connectivity index (χ4n) is 4.89. The number of benzene rings is 1. The molecule has 0 saturated carbocycles. The number of fused-ring (bicyclic) bond motifs is 1. The van der Waals surface area contributed by atoms with Gasteiger partial charge in [-0.2, -0.15) is 0 Å². The average molecular weight is 411 g/mol. The van der Waals surface area contributed by atoms with Crippen LogP contribution in [0.1, 0.15) is 55.1 Å². The summed E-state index contributed by atoms with van der Waals surface area (Å²) in [5.74, 6) is 0.939. The number of hydrogen-bond acceptors (Lipinski definition) is 5. The van der Waals surface area contributed by atoms with Gasteiger partial charge in [0, 0.05) is 31.1 Å². The third kappa shape index (κ3) is 3.21. The predicted molar refractivity (Wildman–Crippen MR) is 118 cm³/mol. The number of pyridine rings is 1. The first-order valence-electron chi connectivity index (χ1n) is 10.6. The molecule has 0 aliphatic carbocycles. The van der Waals surface area contributed by atoms with Crippen LogP contribution in [0.2, 0.25) is 0 Å². The Bertz CT molecular complexity index is 926. The molecule has 1 aromatic carbocycles. The summed E-state index contributed by atoms with van der Waals surface area (Å²) < 4.78 is 15.3. The number of aliphatic imine (C=N–C) groups is 1. The zero-order valence-electron chi connectivity index (χ0n) is 17.0. The first-order chi connectivity index (χ1) is 14.2. The largest absolute Gasteiger partial charge is 0.369 e. The Morgan fingerprint density at radius 3 is 2.76 bits per heavy atom.